The normalized spacial score (nSPS) is 11.3. The predicted molar refractivity (Wildman–Crippen MR) is 125 cm³/mol. The average Bonchev–Trinajstić information content (AvgIpc) is 2.83. The lowest BCUT2D eigenvalue weighted by Gasteiger charge is -2.11. The van der Waals surface area contributed by atoms with Crippen LogP contribution in [0.2, 0.25) is 0 Å². The maximum atomic E-state index is 12.9. The summed E-state index contributed by atoms with van der Waals surface area (Å²) in [6.45, 7) is 0. The molecule has 3 N–H and O–H groups in total. The Morgan fingerprint density at radius 3 is 2.37 bits per heavy atom. The molecule has 0 atom stereocenters. The molecule has 0 aliphatic heterocycles. The zero-order valence-corrected chi connectivity index (χ0v) is 18.1. The van der Waals surface area contributed by atoms with Gasteiger partial charge in [0, 0.05) is 29.8 Å². The summed E-state index contributed by atoms with van der Waals surface area (Å²) in [4.78, 5) is 44.1. The van der Waals surface area contributed by atoms with Gasteiger partial charge < -0.3 is 15.6 Å². The number of carbonyl (C=O) groups excluding carboxylic acids is 2. The van der Waals surface area contributed by atoms with Crippen molar-refractivity contribution in [2.45, 2.75) is 19.0 Å². The van der Waals surface area contributed by atoms with E-state index in [0.717, 1.165) is 12.1 Å². The number of nitrogens with zero attached hydrogens (tertiary/aromatic N) is 1. The van der Waals surface area contributed by atoms with Gasteiger partial charge in [-0.1, -0.05) is 24.3 Å². The van der Waals surface area contributed by atoms with E-state index in [1.54, 1.807) is 36.4 Å². The number of amides is 2. The lowest BCUT2D eigenvalue weighted by Crippen LogP contribution is -2.17. The van der Waals surface area contributed by atoms with Gasteiger partial charge in [0.05, 0.1) is 16.5 Å². The summed E-state index contributed by atoms with van der Waals surface area (Å²) < 4.78 is 38.7. The molecule has 0 aliphatic rings. The number of anilines is 2. The van der Waals surface area contributed by atoms with Crippen molar-refractivity contribution in [3.63, 3.8) is 0 Å². The third-order valence-electron chi connectivity index (χ3n) is 5.11. The first-order chi connectivity index (χ1) is 16.7. The van der Waals surface area contributed by atoms with Gasteiger partial charge in [0.1, 0.15) is 5.82 Å². The quantitative estimate of drug-likeness (QED) is 0.370. The maximum absolute atomic E-state index is 12.9. The average molecular weight is 480 g/mol. The number of aromatic amines is 1. The lowest BCUT2D eigenvalue weighted by molar-refractivity contribution is -0.137. The largest absolute Gasteiger partial charge is 0.416 e. The van der Waals surface area contributed by atoms with E-state index < -0.39 is 17.6 Å². The standard InChI is InChI=1S/C25H19F3N4O3/c26-25(27,28)16-6-4-8-18(14-16)30-23(34)15-5-3-7-17(13-15)29-22(33)12-11-21-31-20-10-2-1-9-19(20)24(35)32-21/h1-10,13-14H,11-12H2,(H,29,33)(H,30,34)(H,31,32,35). The molecule has 178 valence electrons. The van der Waals surface area contributed by atoms with E-state index in [4.69, 9.17) is 0 Å². The molecule has 1 heterocycles. The highest BCUT2D eigenvalue weighted by Gasteiger charge is 2.30. The van der Waals surface area contributed by atoms with Gasteiger partial charge in [-0.2, -0.15) is 13.2 Å². The van der Waals surface area contributed by atoms with E-state index >= 15 is 0 Å². The smallest absolute Gasteiger partial charge is 0.326 e. The van der Waals surface area contributed by atoms with Crippen LogP contribution in [-0.4, -0.2) is 21.8 Å². The molecule has 35 heavy (non-hydrogen) atoms. The highest BCUT2D eigenvalue weighted by Crippen LogP contribution is 2.30. The van der Waals surface area contributed by atoms with Crippen molar-refractivity contribution in [3.8, 4) is 0 Å². The number of aromatic nitrogens is 2. The molecule has 0 saturated carbocycles. The Hall–Kier alpha value is -4.47. The van der Waals surface area contributed by atoms with Crippen LogP contribution in [0.25, 0.3) is 10.9 Å². The van der Waals surface area contributed by atoms with Crippen molar-refractivity contribution in [3.05, 3.63) is 100 Å². The molecular weight excluding hydrogens is 461 g/mol. The van der Waals surface area contributed by atoms with Crippen LogP contribution in [0.5, 0.6) is 0 Å². The SMILES string of the molecule is O=C(CCc1nc2ccccc2c(=O)[nH]1)Nc1cccc(C(=O)Nc2cccc(C(F)(F)F)c2)c1. The molecule has 0 bridgehead atoms. The minimum atomic E-state index is -4.53. The molecule has 0 fully saturated rings. The molecule has 0 unspecified atom stereocenters. The van der Waals surface area contributed by atoms with Gasteiger partial charge in [-0.25, -0.2) is 4.98 Å². The first-order valence-electron chi connectivity index (χ1n) is 10.6. The Bertz CT molecular complexity index is 1460. The van der Waals surface area contributed by atoms with E-state index in [9.17, 15) is 27.6 Å². The van der Waals surface area contributed by atoms with Crippen LogP contribution < -0.4 is 16.2 Å². The van der Waals surface area contributed by atoms with Crippen molar-refractivity contribution in [1.82, 2.24) is 9.97 Å². The maximum Gasteiger partial charge on any atom is 0.416 e. The van der Waals surface area contributed by atoms with Crippen LogP contribution in [0.1, 0.15) is 28.2 Å². The fourth-order valence-corrected chi connectivity index (χ4v) is 3.42. The predicted octanol–water partition coefficient (Wildman–Crippen LogP) is 4.77. The Balaban J connectivity index is 1.39. The number of hydrogen-bond acceptors (Lipinski definition) is 4. The molecule has 0 aliphatic carbocycles. The third kappa shape index (κ3) is 5.91. The summed E-state index contributed by atoms with van der Waals surface area (Å²) in [5.41, 5.74) is -0.140. The summed E-state index contributed by atoms with van der Waals surface area (Å²) in [7, 11) is 0. The van der Waals surface area contributed by atoms with Crippen LogP contribution in [0.4, 0.5) is 24.5 Å². The number of hydrogen-bond donors (Lipinski definition) is 3. The van der Waals surface area contributed by atoms with Crippen molar-refractivity contribution in [2.75, 3.05) is 10.6 Å². The number of alkyl halides is 3. The molecule has 1 aromatic heterocycles. The van der Waals surface area contributed by atoms with Gasteiger partial charge in [0.15, 0.2) is 0 Å². The topological polar surface area (TPSA) is 104 Å². The van der Waals surface area contributed by atoms with E-state index in [1.807, 2.05) is 0 Å². The van der Waals surface area contributed by atoms with E-state index in [-0.39, 0.29) is 35.6 Å². The van der Waals surface area contributed by atoms with Gasteiger partial charge in [0.2, 0.25) is 5.91 Å². The number of para-hydroxylation sites is 1. The van der Waals surface area contributed by atoms with Crippen LogP contribution in [0.15, 0.2) is 77.6 Å². The minimum absolute atomic E-state index is 0.00357. The van der Waals surface area contributed by atoms with Gasteiger partial charge in [-0.15, -0.1) is 0 Å². The molecule has 7 nitrogen and oxygen atoms in total. The second-order valence-corrected chi connectivity index (χ2v) is 7.69. The van der Waals surface area contributed by atoms with E-state index in [2.05, 4.69) is 20.6 Å². The second kappa shape index (κ2) is 9.80. The van der Waals surface area contributed by atoms with Crippen LogP contribution in [0.3, 0.4) is 0 Å². The number of fused-ring (bicyclic) bond motifs is 1. The summed E-state index contributed by atoms with van der Waals surface area (Å²) in [5, 5.41) is 5.55. The van der Waals surface area contributed by atoms with E-state index in [0.29, 0.717) is 22.4 Å². The Labute approximate surface area is 197 Å². The third-order valence-corrected chi connectivity index (χ3v) is 5.11. The molecule has 4 aromatic rings. The number of halogens is 3. The van der Waals surface area contributed by atoms with Crippen LogP contribution >= 0.6 is 0 Å². The van der Waals surface area contributed by atoms with Gasteiger partial charge in [0.25, 0.3) is 11.5 Å². The Morgan fingerprint density at radius 2 is 1.60 bits per heavy atom. The monoisotopic (exact) mass is 480 g/mol. The summed E-state index contributed by atoms with van der Waals surface area (Å²) >= 11 is 0. The molecule has 4 rings (SSSR count). The molecule has 0 radical (unpaired) electrons. The van der Waals surface area contributed by atoms with Gasteiger partial charge in [-0.3, -0.25) is 14.4 Å². The second-order valence-electron chi connectivity index (χ2n) is 7.69. The number of nitrogens with one attached hydrogen (secondary N) is 3. The summed E-state index contributed by atoms with van der Waals surface area (Å²) in [5.74, 6) is -0.618. The molecule has 2 amide bonds. The number of benzene rings is 3. The minimum Gasteiger partial charge on any atom is -0.326 e. The van der Waals surface area contributed by atoms with Crippen molar-refractivity contribution >= 4 is 34.1 Å². The fourth-order valence-electron chi connectivity index (χ4n) is 3.42. The lowest BCUT2D eigenvalue weighted by atomic mass is 10.1. The number of H-pyrrole nitrogens is 1. The zero-order valence-electron chi connectivity index (χ0n) is 18.1. The molecule has 0 saturated heterocycles. The van der Waals surface area contributed by atoms with Crippen LogP contribution in [-0.2, 0) is 17.4 Å². The van der Waals surface area contributed by atoms with Crippen molar-refractivity contribution in [2.24, 2.45) is 0 Å². The van der Waals surface area contributed by atoms with Gasteiger partial charge in [-0.05, 0) is 48.5 Å². The number of carbonyl (C=O) groups is 2. The number of rotatable bonds is 6. The molecular formula is C25H19F3N4O3. The fraction of sp³-hybridized carbons (Fsp3) is 0.120. The zero-order chi connectivity index (χ0) is 25.0. The molecule has 3 aromatic carbocycles. The van der Waals surface area contributed by atoms with E-state index in [1.165, 1.54) is 24.3 Å². The molecule has 0 spiro atoms. The number of aryl methyl sites for hydroxylation is 1. The summed E-state index contributed by atoms with van der Waals surface area (Å²) in [6.07, 6.45) is -4.30. The Kier molecular flexibility index (Phi) is 6.63. The molecule has 10 heteroatoms. The van der Waals surface area contributed by atoms with Gasteiger partial charge >= 0.3 is 6.18 Å². The Morgan fingerprint density at radius 1 is 0.886 bits per heavy atom. The first kappa shape index (κ1) is 23.7. The highest BCUT2D eigenvalue weighted by atomic mass is 19.4. The summed E-state index contributed by atoms with van der Waals surface area (Å²) in [6, 6.07) is 17.2. The first-order valence-corrected chi connectivity index (χ1v) is 10.6. The van der Waals surface area contributed by atoms with Crippen molar-refractivity contribution in [1.29, 1.82) is 0 Å². The highest BCUT2D eigenvalue weighted by molar-refractivity contribution is 6.05. The van der Waals surface area contributed by atoms with Crippen LogP contribution in [0, 0.1) is 0 Å². The van der Waals surface area contributed by atoms with Crippen molar-refractivity contribution < 1.29 is 22.8 Å².